The van der Waals surface area contributed by atoms with Crippen LogP contribution in [0.4, 0.5) is 5.82 Å². The number of rotatable bonds is 6. The second-order valence-electron chi connectivity index (χ2n) is 6.81. The summed E-state index contributed by atoms with van der Waals surface area (Å²) in [6.07, 6.45) is 1.47. The Morgan fingerprint density at radius 1 is 1.10 bits per heavy atom. The fourth-order valence-corrected chi connectivity index (χ4v) is 3.21. The molecule has 0 spiro atoms. The molecule has 0 aliphatic heterocycles. The van der Waals surface area contributed by atoms with Crippen LogP contribution in [0.5, 0.6) is 0 Å². The molecule has 0 saturated carbocycles. The zero-order valence-electron chi connectivity index (χ0n) is 16.6. The fourth-order valence-electron chi connectivity index (χ4n) is 3.21. The van der Waals surface area contributed by atoms with Gasteiger partial charge in [-0.25, -0.2) is 14.6 Å². The normalized spacial score (nSPS) is 11.0. The number of carbonyl (C=O) groups is 1. The van der Waals surface area contributed by atoms with Gasteiger partial charge in [-0.1, -0.05) is 12.1 Å². The third kappa shape index (κ3) is 3.82. The van der Waals surface area contributed by atoms with Crippen LogP contribution in [0.1, 0.15) is 27.6 Å². The first-order valence-electron chi connectivity index (χ1n) is 9.39. The molecule has 0 atom stereocenters. The number of fused-ring (bicyclic) bond motifs is 1. The SMILES string of the molecule is Cc1cccc(-n2nc(C)c3c(NCCNC(=O)c4ccco4)nc(C)nc32)c1. The number of hydrogen-bond donors (Lipinski definition) is 2. The van der Waals surface area contributed by atoms with Crippen molar-refractivity contribution in [2.24, 2.45) is 0 Å². The van der Waals surface area contributed by atoms with Crippen molar-refractivity contribution >= 4 is 22.8 Å². The van der Waals surface area contributed by atoms with E-state index in [1.54, 1.807) is 12.1 Å². The molecule has 8 nitrogen and oxygen atoms in total. The molecule has 1 aromatic carbocycles. The molecule has 2 N–H and O–H groups in total. The molecular formula is C21H22N6O2. The number of aryl methyl sites for hydroxylation is 3. The number of aromatic nitrogens is 4. The van der Waals surface area contributed by atoms with Crippen molar-refractivity contribution in [3.8, 4) is 5.69 Å². The second-order valence-corrected chi connectivity index (χ2v) is 6.81. The molecule has 3 aromatic heterocycles. The summed E-state index contributed by atoms with van der Waals surface area (Å²) < 4.78 is 6.93. The number of amides is 1. The third-order valence-corrected chi connectivity index (χ3v) is 4.51. The van der Waals surface area contributed by atoms with E-state index in [-0.39, 0.29) is 5.91 Å². The summed E-state index contributed by atoms with van der Waals surface area (Å²) in [5.41, 5.74) is 3.70. The van der Waals surface area contributed by atoms with Gasteiger partial charge in [0.25, 0.3) is 5.91 Å². The van der Waals surface area contributed by atoms with Gasteiger partial charge in [0, 0.05) is 13.1 Å². The highest BCUT2D eigenvalue weighted by Crippen LogP contribution is 2.26. The van der Waals surface area contributed by atoms with Crippen molar-refractivity contribution in [1.29, 1.82) is 0 Å². The Morgan fingerprint density at radius 2 is 1.97 bits per heavy atom. The van der Waals surface area contributed by atoms with Gasteiger partial charge < -0.3 is 15.1 Å². The maximum absolute atomic E-state index is 12.0. The van der Waals surface area contributed by atoms with E-state index in [9.17, 15) is 4.79 Å². The number of benzene rings is 1. The molecule has 29 heavy (non-hydrogen) atoms. The summed E-state index contributed by atoms with van der Waals surface area (Å²) in [6.45, 7) is 6.78. The van der Waals surface area contributed by atoms with Gasteiger partial charge in [0.2, 0.25) is 0 Å². The van der Waals surface area contributed by atoms with Gasteiger partial charge in [-0.05, 0) is 50.6 Å². The molecule has 0 radical (unpaired) electrons. The molecule has 0 aliphatic carbocycles. The maximum atomic E-state index is 12.0. The summed E-state index contributed by atoms with van der Waals surface area (Å²) in [6, 6.07) is 11.4. The van der Waals surface area contributed by atoms with Gasteiger partial charge in [-0.2, -0.15) is 5.10 Å². The Balaban J connectivity index is 1.56. The van der Waals surface area contributed by atoms with E-state index in [0.717, 1.165) is 28.0 Å². The van der Waals surface area contributed by atoms with Crippen LogP contribution < -0.4 is 10.6 Å². The van der Waals surface area contributed by atoms with E-state index < -0.39 is 0 Å². The zero-order valence-corrected chi connectivity index (χ0v) is 16.6. The molecule has 0 fully saturated rings. The Labute approximate surface area is 168 Å². The Morgan fingerprint density at radius 3 is 2.72 bits per heavy atom. The van der Waals surface area contributed by atoms with Crippen LogP contribution in [0.25, 0.3) is 16.7 Å². The van der Waals surface area contributed by atoms with Crippen molar-refractivity contribution in [3.05, 3.63) is 65.5 Å². The van der Waals surface area contributed by atoms with E-state index in [1.165, 1.54) is 6.26 Å². The average molecular weight is 390 g/mol. The minimum Gasteiger partial charge on any atom is -0.459 e. The standard InChI is InChI=1S/C21H22N6O2/c1-13-6-4-7-16(12-13)27-20-18(14(2)26-27)19(24-15(3)25-20)22-9-10-23-21(28)17-8-5-11-29-17/h4-8,11-12H,9-10H2,1-3H3,(H,23,28)(H,22,24,25). The Hall–Kier alpha value is -3.68. The molecule has 8 heteroatoms. The monoisotopic (exact) mass is 390 g/mol. The van der Waals surface area contributed by atoms with Gasteiger partial charge in [0.05, 0.1) is 23.0 Å². The minimum atomic E-state index is -0.246. The lowest BCUT2D eigenvalue weighted by Crippen LogP contribution is -2.28. The van der Waals surface area contributed by atoms with Crippen LogP contribution in [-0.4, -0.2) is 38.7 Å². The summed E-state index contributed by atoms with van der Waals surface area (Å²) >= 11 is 0. The fraction of sp³-hybridized carbons (Fsp3) is 0.238. The van der Waals surface area contributed by atoms with E-state index >= 15 is 0 Å². The van der Waals surface area contributed by atoms with Crippen LogP contribution in [0, 0.1) is 20.8 Å². The number of nitrogens with zero attached hydrogens (tertiary/aromatic N) is 4. The predicted octanol–water partition coefficient (Wildman–Crippen LogP) is 3.18. The first-order valence-corrected chi connectivity index (χ1v) is 9.39. The molecule has 0 bridgehead atoms. The summed E-state index contributed by atoms with van der Waals surface area (Å²) in [5.74, 6) is 1.40. The van der Waals surface area contributed by atoms with Crippen molar-refractivity contribution in [2.45, 2.75) is 20.8 Å². The molecule has 0 saturated heterocycles. The molecule has 148 valence electrons. The molecule has 4 aromatic rings. The van der Waals surface area contributed by atoms with Gasteiger partial charge in [-0.15, -0.1) is 0 Å². The van der Waals surface area contributed by atoms with E-state index in [1.807, 2.05) is 43.7 Å². The number of hydrogen-bond acceptors (Lipinski definition) is 6. The van der Waals surface area contributed by atoms with Crippen LogP contribution in [0.2, 0.25) is 0 Å². The maximum Gasteiger partial charge on any atom is 0.287 e. The van der Waals surface area contributed by atoms with Gasteiger partial charge >= 0.3 is 0 Å². The highest BCUT2D eigenvalue weighted by molar-refractivity contribution is 5.92. The summed E-state index contributed by atoms with van der Waals surface area (Å²) in [4.78, 5) is 21.1. The number of anilines is 1. The molecule has 1 amide bonds. The summed E-state index contributed by atoms with van der Waals surface area (Å²) in [5, 5.41) is 11.7. The number of furan rings is 1. The average Bonchev–Trinajstić information content (AvgIpc) is 3.33. The van der Waals surface area contributed by atoms with Gasteiger partial charge in [-0.3, -0.25) is 4.79 Å². The largest absolute Gasteiger partial charge is 0.459 e. The van der Waals surface area contributed by atoms with Crippen molar-refractivity contribution in [3.63, 3.8) is 0 Å². The highest BCUT2D eigenvalue weighted by atomic mass is 16.3. The van der Waals surface area contributed by atoms with E-state index in [2.05, 4.69) is 31.8 Å². The first-order chi connectivity index (χ1) is 14.0. The third-order valence-electron chi connectivity index (χ3n) is 4.51. The van der Waals surface area contributed by atoms with E-state index in [4.69, 9.17) is 4.42 Å². The van der Waals surface area contributed by atoms with Crippen LogP contribution >= 0.6 is 0 Å². The summed E-state index contributed by atoms with van der Waals surface area (Å²) in [7, 11) is 0. The lowest BCUT2D eigenvalue weighted by Gasteiger charge is -2.09. The van der Waals surface area contributed by atoms with Crippen molar-refractivity contribution < 1.29 is 9.21 Å². The van der Waals surface area contributed by atoms with Crippen LogP contribution in [0.15, 0.2) is 47.1 Å². The van der Waals surface area contributed by atoms with Gasteiger partial charge in [0.15, 0.2) is 11.4 Å². The molecule has 4 rings (SSSR count). The predicted molar refractivity (Wildman–Crippen MR) is 110 cm³/mol. The molecule has 0 aliphatic rings. The number of carbonyl (C=O) groups excluding carboxylic acids is 1. The zero-order chi connectivity index (χ0) is 20.4. The Bertz CT molecular complexity index is 1160. The first kappa shape index (κ1) is 18.7. The number of nitrogens with one attached hydrogen (secondary N) is 2. The van der Waals surface area contributed by atoms with E-state index in [0.29, 0.717) is 30.5 Å². The van der Waals surface area contributed by atoms with Crippen LogP contribution in [-0.2, 0) is 0 Å². The quantitative estimate of drug-likeness (QED) is 0.491. The van der Waals surface area contributed by atoms with Crippen molar-refractivity contribution in [2.75, 3.05) is 18.4 Å². The topological polar surface area (TPSA) is 97.9 Å². The van der Waals surface area contributed by atoms with Crippen LogP contribution in [0.3, 0.4) is 0 Å². The Kier molecular flexibility index (Phi) is 4.99. The molecule has 3 heterocycles. The lowest BCUT2D eigenvalue weighted by atomic mass is 10.2. The molecular weight excluding hydrogens is 368 g/mol. The van der Waals surface area contributed by atoms with Crippen molar-refractivity contribution in [1.82, 2.24) is 25.1 Å². The molecule has 0 unspecified atom stereocenters. The highest BCUT2D eigenvalue weighted by Gasteiger charge is 2.16. The smallest absolute Gasteiger partial charge is 0.287 e. The lowest BCUT2D eigenvalue weighted by molar-refractivity contribution is 0.0927. The minimum absolute atomic E-state index is 0.246. The second kappa shape index (κ2) is 7.75. The van der Waals surface area contributed by atoms with Gasteiger partial charge in [0.1, 0.15) is 11.6 Å².